The summed E-state index contributed by atoms with van der Waals surface area (Å²) in [5.74, 6) is 1.05. The first-order chi connectivity index (χ1) is 18.0. The Morgan fingerprint density at radius 1 is 1.03 bits per heavy atom. The van der Waals surface area contributed by atoms with Crippen LogP contribution in [-0.4, -0.2) is 119 Å². The number of likely N-dealkylation sites (tertiary alicyclic amines) is 2. The monoisotopic (exact) mass is 552 g/mol. The molecule has 0 atom stereocenters. The van der Waals surface area contributed by atoms with E-state index in [1.165, 1.54) is 24.2 Å². The molecule has 0 radical (unpaired) electrons. The molecule has 2 fully saturated rings. The number of aryl methyl sites for hydroxylation is 2. The van der Waals surface area contributed by atoms with Gasteiger partial charge in [-0.15, -0.1) is 0 Å². The molecule has 2 aliphatic heterocycles. The maximum Gasteiger partial charge on any atom is 0.248 e. The van der Waals surface area contributed by atoms with Gasteiger partial charge in [-0.1, -0.05) is 0 Å². The van der Waals surface area contributed by atoms with E-state index in [-0.39, 0.29) is 36.5 Å². The van der Waals surface area contributed by atoms with E-state index in [0.29, 0.717) is 35.9 Å². The van der Waals surface area contributed by atoms with Crippen LogP contribution in [0.1, 0.15) is 36.8 Å². The molecule has 1 aromatic carbocycles. The highest BCUT2D eigenvalue weighted by Gasteiger charge is 2.27. The molecule has 2 amide bonds. The van der Waals surface area contributed by atoms with Gasteiger partial charge in [0.2, 0.25) is 21.8 Å². The number of nitrogens with zero attached hydrogens (tertiary/aromatic N) is 4. The van der Waals surface area contributed by atoms with Gasteiger partial charge in [0.25, 0.3) is 0 Å². The summed E-state index contributed by atoms with van der Waals surface area (Å²) in [7, 11) is 1.12. The fourth-order valence-electron chi connectivity index (χ4n) is 5.26. The summed E-state index contributed by atoms with van der Waals surface area (Å²) in [5, 5.41) is 0. The first-order valence-electron chi connectivity index (χ1n) is 13.5. The van der Waals surface area contributed by atoms with E-state index in [2.05, 4.69) is 4.90 Å². The summed E-state index contributed by atoms with van der Waals surface area (Å²) in [6.07, 6.45) is 4.13. The molecule has 0 spiro atoms. The second kappa shape index (κ2) is 13.7. The molecular formula is C27H44N4O6S. The Labute approximate surface area is 227 Å². The SMILES string of the molecule is COc1cc(C)c(S(=O)(=O)N(C)CCOCC(=O)N(C)CC2CCN(C(=O)CN3CCCC3)CC2)c(C)c1. The first kappa shape index (κ1) is 30.3. The minimum Gasteiger partial charge on any atom is -0.497 e. The maximum atomic E-state index is 13.1. The van der Waals surface area contributed by atoms with Crippen molar-refractivity contribution in [1.82, 2.24) is 19.0 Å². The number of benzene rings is 1. The summed E-state index contributed by atoms with van der Waals surface area (Å²) >= 11 is 0. The molecule has 0 saturated carbocycles. The van der Waals surface area contributed by atoms with Crippen molar-refractivity contribution in [3.8, 4) is 5.75 Å². The van der Waals surface area contributed by atoms with Gasteiger partial charge in [-0.3, -0.25) is 14.5 Å². The van der Waals surface area contributed by atoms with Gasteiger partial charge in [0, 0.05) is 40.3 Å². The molecule has 1 aromatic rings. The smallest absolute Gasteiger partial charge is 0.248 e. The minimum absolute atomic E-state index is 0.0991. The van der Waals surface area contributed by atoms with Crippen LogP contribution < -0.4 is 4.74 Å². The standard InChI is InChI=1S/C27H44N4O6S/c1-21-16-24(36-5)17-22(2)27(21)38(34,35)29(4)14-15-37-20-26(33)28(3)18-23-8-12-31(13-9-23)25(32)19-30-10-6-7-11-30/h16-17,23H,6-15,18-20H2,1-5H3. The van der Waals surface area contributed by atoms with Crippen LogP contribution in [0.3, 0.4) is 0 Å². The Bertz CT molecular complexity index is 1040. The Kier molecular flexibility index (Phi) is 11.0. The van der Waals surface area contributed by atoms with Gasteiger partial charge >= 0.3 is 0 Å². The molecule has 2 saturated heterocycles. The highest BCUT2D eigenvalue weighted by molar-refractivity contribution is 7.89. The van der Waals surface area contributed by atoms with E-state index in [4.69, 9.17) is 9.47 Å². The Hall–Kier alpha value is -2.21. The number of likely N-dealkylation sites (N-methyl/N-ethyl adjacent to an activating group) is 2. The minimum atomic E-state index is -3.71. The van der Waals surface area contributed by atoms with Gasteiger partial charge in [-0.05, 0) is 81.8 Å². The zero-order chi connectivity index (χ0) is 27.9. The maximum absolute atomic E-state index is 13.1. The molecule has 0 aromatic heterocycles. The number of amides is 2. The molecule has 38 heavy (non-hydrogen) atoms. The van der Waals surface area contributed by atoms with Crippen molar-refractivity contribution in [3.63, 3.8) is 0 Å². The van der Waals surface area contributed by atoms with Crippen LogP contribution in [0.15, 0.2) is 17.0 Å². The second-order valence-corrected chi connectivity index (χ2v) is 12.5. The molecule has 2 heterocycles. The number of sulfonamides is 1. The Balaban J connectivity index is 1.37. The zero-order valence-corrected chi connectivity index (χ0v) is 24.4. The fourth-order valence-corrected chi connectivity index (χ4v) is 6.82. The van der Waals surface area contributed by atoms with Crippen LogP contribution in [0.5, 0.6) is 5.75 Å². The summed E-state index contributed by atoms with van der Waals surface area (Å²) in [6, 6.07) is 3.41. The van der Waals surface area contributed by atoms with Crippen molar-refractivity contribution < 1.29 is 27.5 Å². The predicted octanol–water partition coefficient (Wildman–Crippen LogP) is 1.74. The number of hydrogen-bond donors (Lipinski definition) is 0. The van der Waals surface area contributed by atoms with Crippen molar-refractivity contribution in [2.45, 2.75) is 44.4 Å². The number of piperidine rings is 1. The van der Waals surface area contributed by atoms with Gasteiger partial charge in [0.15, 0.2) is 0 Å². The second-order valence-electron chi connectivity index (χ2n) is 10.6. The lowest BCUT2D eigenvalue weighted by molar-refractivity contribution is -0.137. The number of rotatable bonds is 12. The van der Waals surface area contributed by atoms with E-state index in [1.54, 1.807) is 45.0 Å². The summed E-state index contributed by atoms with van der Waals surface area (Å²) in [5.41, 5.74) is 1.24. The topological polar surface area (TPSA) is 99.7 Å². The normalized spacial score (nSPS) is 17.3. The molecule has 0 aliphatic carbocycles. The third-order valence-electron chi connectivity index (χ3n) is 7.60. The lowest BCUT2D eigenvalue weighted by atomic mass is 9.96. The van der Waals surface area contributed by atoms with E-state index in [1.807, 2.05) is 4.90 Å². The van der Waals surface area contributed by atoms with Crippen LogP contribution in [0.4, 0.5) is 0 Å². The number of carbonyl (C=O) groups excluding carboxylic acids is 2. The van der Waals surface area contributed by atoms with E-state index < -0.39 is 10.0 Å². The third kappa shape index (κ3) is 7.91. The molecule has 2 aliphatic rings. The quantitative estimate of drug-likeness (QED) is 0.364. The van der Waals surface area contributed by atoms with Crippen molar-refractivity contribution in [1.29, 1.82) is 0 Å². The predicted molar refractivity (Wildman–Crippen MR) is 146 cm³/mol. The Morgan fingerprint density at radius 2 is 1.63 bits per heavy atom. The van der Waals surface area contributed by atoms with E-state index in [9.17, 15) is 18.0 Å². The van der Waals surface area contributed by atoms with Crippen molar-refractivity contribution in [2.75, 3.05) is 80.2 Å². The molecule has 0 bridgehead atoms. The van der Waals surface area contributed by atoms with Crippen LogP contribution in [0.2, 0.25) is 0 Å². The summed E-state index contributed by atoms with van der Waals surface area (Å²) in [4.78, 5) is 31.3. The highest BCUT2D eigenvalue weighted by Crippen LogP contribution is 2.27. The lowest BCUT2D eigenvalue weighted by Crippen LogP contribution is -2.45. The number of ether oxygens (including phenoxy) is 2. The zero-order valence-electron chi connectivity index (χ0n) is 23.6. The molecule has 3 rings (SSSR count). The number of carbonyl (C=O) groups is 2. The van der Waals surface area contributed by atoms with Crippen molar-refractivity contribution in [2.24, 2.45) is 5.92 Å². The molecule has 11 heteroatoms. The Morgan fingerprint density at radius 3 is 2.21 bits per heavy atom. The van der Waals surface area contributed by atoms with Crippen molar-refractivity contribution in [3.05, 3.63) is 23.3 Å². The molecule has 0 unspecified atom stereocenters. The fraction of sp³-hybridized carbons (Fsp3) is 0.704. The number of hydrogen-bond acceptors (Lipinski definition) is 7. The van der Waals surface area contributed by atoms with E-state index in [0.717, 1.165) is 39.0 Å². The van der Waals surface area contributed by atoms with Crippen LogP contribution in [-0.2, 0) is 24.3 Å². The molecule has 0 N–H and O–H groups in total. The average molecular weight is 553 g/mol. The van der Waals surface area contributed by atoms with E-state index >= 15 is 0 Å². The van der Waals surface area contributed by atoms with Gasteiger partial charge in [0.05, 0.1) is 25.2 Å². The van der Waals surface area contributed by atoms with Crippen LogP contribution >= 0.6 is 0 Å². The molecule has 10 nitrogen and oxygen atoms in total. The van der Waals surface area contributed by atoms with Gasteiger partial charge in [-0.25, -0.2) is 8.42 Å². The molecular weight excluding hydrogens is 508 g/mol. The number of methoxy groups -OCH3 is 1. The van der Waals surface area contributed by atoms with Gasteiger partial charge in [0.1, 0.15) is 12.4 Å². The van der Waals surface area contributed by atoms with Crippen LogP contribution in [0.25, 0.3) is 0 Å². The highest BCUT2D eigenvalue weighted by atomic mass is 32.2. The summed E-state index contributed by atoms with van der Waals surface area (Å²) in [6.45, 7) is 8.31. The van der Waals surface area contributed by atoms with Crippen molar-refractivity contribution >= 4 is 21.8 Å². The third-order valence-corrected chi connectivity index (χ3v) is 9.76. The molecule has 214 valence electrons. The van der Waals surface area contributed by atoms with Gasteiger partial charge in [-0.2, -0.15) is 4.31 Å². The average Bonchev–Trinajstić information content (AvgIpc) is 3.39. The largest absolute Gasteiger partial charge is 0.497 e. The summed E-state index contributed by atoms with van der Waals surface area (Å²) < 4.78 is 38.2. The first-order valence-corrected chi connectivity index (χ1v) is 14.9. The van der Waals surface area contributed by atoms with Gasteiger partial charge < -0.3 is 19.3 Å². The lowest BCUT2D eigenvalue weighted by Gasteiger charge is -2.34. The van der Waals surface area contributed by atoms with Crippen LogP contribution in [0, 0.1) is 19.8 Å².